The van der Waals surface area contributed by atoms with E-state index in [1.165, 1.54) is 23.7 Å². The van der Waals surface area contributed by atoms with Gasteiger partial charge in [-0.25, -0.2) is 4.98 Å². The summed E-state index contributed by atoms with van der Waals surface area (Å²) in [5.74, 6) is 0.506. The van der Waals surface area contributed by atoms with Gasteiger partial charge in [-0.2, -0.15) is 0 Å². The highest BCUT2D eigenvalue weighted by Crippen LogP contribution is 2.26. The van der Waals surface area contributed by atoms with E-state index in [4.69, 9.17) is 0 Å². The smallest absolute Gasteiger partial charge is 0.233 e. The zero-order valence-corrected chi connectivity index (χ0v) is 16.1. The molecule has 1 aliphatic rings. The minimum absolute atomic E-state index is 0.158. The van der Waals surface area contributed by atoms with Crippen LogP contribution >= 0.6 is 11.8 Å². The number of nitrogens with one attached hydrogen (secondary N) is 1. The predicted octanol–water partition coefficient (Wildman–Crippen LogP) is 3.70. The predicted molar refractivity (Wildman–Crippen MR) is 104 cm³/mol. The maximum absolute atomic E-state index is 12.7. The zero-order valence-electron chi connectivity index (χ0n) is 15.3. The lowest BCUT2D eigenvalue weighted by molar-refractivity contribution is -0.134. The molecular formula is C19H23N5OS. The van der Waals surface area contributed by atoms with Gasteiger partial charge in [-0.05, 0) is 52.2 Å². The van der Waals surface area contributed by atoms with Crippen LogP contribution in [0.3, 0.4) is 0 Å². The number of aryl methyl sites for hydroxylation is 1. The number of aromatic nitrogens is 4. The van der Waals surface area contributed by atoms with E-state index in [1.54, 1.807) is 0 Å². The number of rotatable bonds is 3. The lowest BCUT2D eigenvalue weighted by atomic mass is 9.98. The third-order valence-electron chi connectivity index (χ3n) is 5.16. The van der Waals surface area contributed by atoms with E-state index in [1.807, 2.05) is 11.0 Å². The number of amides is 1. The van der Waals surface area contributed by atoms with Gasteiger partial charge < -0.3 is 9.88 Å². The molecule has 1 aliphatic heterocycles. The van der Waals surface area contributed by atoms with Crippen LogP contribution in [0.5, 0.6) is 0 Å². The highest BCUT2D eigenvalue weighted by Gasteiger charge is 2.28. The summed E-state index contributed by atoms with van der Waals surface area (Å²) in [6, 6.07) is 6.79. The van der Waals surface area contributed by atoms with E-state index in [9.17, 15) is 4.79 Å². The number of benzene rings is 1. The number of hydrogen-bond acceptors (Lipinski definition) is 5. The van der Waals surface area contributed by atoms with Gasteiger partial charge in [0.1, 0.15) is 5.52 Å². The third-order valence-corrected chi connectivity index (χ3v) is 5.98. The van der Waals surface area contributed by atoms with Crippen molar-refractivity contribution in [2.24, 2.45) is 0 Å². The second kappa shape index (κ2) is 6.87. The molecule has 1 N–H and O–H groups in total. The first kappa shape index (κ1) is 17.3. The van der Waals surface area contributed by atoms with Gasteiger partial charge >= 0.3 is 0 Å². The van der Waals surface area contributed by atoms with Gasteiger partial charge in [-0.15, -0.1) is 10.2 Å². The Morgan fingerprint density at radius 1 is 1.27 bits per heavy atom. The van der Waals surface area contributed by atoms with Crippen LogP contribution in [0.25, 0.3) is 22.1 Å². The topological polar surface area (TPSA) is 74.8 Å². The third kappa shape index (κ3) is 3.16. The molecule has 136 valence electrons. The summed E-state index contributed by atoms with van der Waals surface area (Å²) in [4.78, 5) is 22.5. The molecule has 0 unspecified atom stereocenters. The summed E-state index contributed by atoms with van der Waals surface area (Å²) in [7, 11) is 0. The molecule has 6 nitrogen and oxygen atoms in total. The quantitative estimate of drug-likeness (QED) is 0.713. The minimum atomic E-state index is 0.158. The van der Waals surface area contributed by atoms with Crippen LogP contribution in [0.4, 0.5) is 0 Å². The van der Waals surface area contributed by atoms with Crippen LogP contribution < -0.4 is 0 Å². The number of carbonyl (C=O) groups is 1. The standard InChI is InChI=1S/C19H23N5OS/c1-11-7-8-15-14(9-11)17-18(20-15)21-19(23-22-17)26-10-16(25)24-12(2)5-4-6-13(24)3/h7-9,12-13H,4-6,10H2,1-3H3,(H,20,21,23)/t12-,13+. The lowest BCUT2D eigenvalue weighted by Gasteiger charge is -2.39. The van der Waals surface area contributed by atoms with E-state index in [0.29, 0.717) is 23.0 Å². The van der Waals surface area contributed by atoms with Crippen molar-refractivity contribution < 1.29 is 4.79 Å². The van der Waals surface area contributed by atoms with Crippen LogP contribution in [-0.2, 0) is 4.79 Å². The molecule has 1 saturated heterocycles. The van der Waals surface area contributed by atoms with Gasteiger partial charge in [0.2, 0.25) is 11.1 Å². The molecule has 1 amide bonds. The SMILES string of the molecule is Cc1ccc2[nH]c3nc(SCC(=O)N4[C@H](C)CCC[C@@H]4C)nnc3c2c1. The second-order valence-corrected chi connectivity index (χ2v) is 8.13. The molecule has 2 aromatic heterocycles. The van der Waals surface area contributed by atoms with Crippen LogP contribution in [0.1, 0.15) is 38.7 Å². The average Bonchev–Trinajstić information content (AvgIpc) is 2.97. The summed E-state index contributed by atoms with van der Waals surface area (Å²) in [5.41, 5.74) is 3.67. The fourth-order valence-electron chi connectivity index (χ4n) is 3.85. The Balaban J connectivity index is 1.52. The number of fused-ring (bicyclic) bond motifs is 3. The summed E-state index contributed by atoms with van der Waals surface area (Å²) < 4.78 is 0. The van der Waals surface area contributed by atoms with E-state index in [0.717, 1.165) is 34.9 Å². The number of aromatic amines is 1. The Hall–Kier alpha value is -2.15. The van der Waals surface area contributed by atoms with Crippen molar-refractivity contribution in [2.75, 3.05) is 5.75 Å². The summed E-state index contributed by atoms with van der Waals surface area (Å²) >= 11 is 1.36. The van der Waals surface area contributed by atoms with Crippen LogP contribution in [0, 0.1) is 6.92 Å². The Labute approximate surface area is 156 Å². The highest BCUT2D eigenvalue weighted by molar-refractivity contribution is 7.99. The number of piperidine rings is 1. The van der Waals surface area contributed by atoms with Crippen molar-refractivity contribution in [2.45, 2.75) is 57.3 Å². The van der Waals surface area contributed by atoms with Crippen molar-refractivity contribution >= 4 is 39.7 Å². The maximum Gasteiger partial charge on any atom is 0.233 e. The van der Waals surface area contributed by atoms with Crippen LogP contribution in [0.15, 0.2) is 23.4 Å². The van der Waals surface area contributed by atoms with Crippen molar-refractivity contribution in [1.29, 1.82) is 0 Å². The van der Waals surface area contributed by atoms with Crippen molar-refractivity contribution in [3.63, 3.8) is 0 Å². The number of thioether (sulfide) groups is 1. The van der Waals surface area contributed by atoms with Crippen LogP contribution in [0.2, 0.25) is 0 Å². The first-order chi connectivity index (χ1) is 12.5. The lowest BCUT2D eigenvalue weighted by Crippen LogP contribution is -2.48. The molecule has 1 aromatic carbocycles. The van der Waals surface area contributed by atoms with E-state index >= 15 is 0 Å². The summed E-state index contributed by atoms with van der Waals surface area (Å²) in [6.07, 6.45) is 3.36. The normalized spacial score (nSPS) is 20.8. The second-order valence-electron chi connectivity index (χ2n) is 7.18. The molecule has 26 heavy (non-hydrogen) atoms. The number of hydrogen-bond donors (Lipinski definition) is 1. The van der Waals surface area contributed by atoms with E-state index in [-0.39, 0.29) is 5.91 Å². The molecule has 1 fully saturated rings. The highest BCUT2D eigenvalue weighted by atomic mass is 32.2. The molecule has 0 aliphatic carbocycles. The molecule has 2 atom stereocenters. The minimum Gasteiger partial charge on any atom is -0.338 e. The Morgan fingerprint density at radius 3 is 2.81 bits per heavy atom. The van der Waals surface area contributed by atoms with Gasteiger partial charge in [0.25, 0.3) is 0 Å². The van der Waals surface area contributed by atoms with Gasteiger partial charge in [0.15, 0.2) is 5.65 Å². The van der Waals surface area contributed by atoms with Crippen molar-refractivity contribution in [3.8, 4) is 0 Å². The van der Waals surface area contributed by atoms with Crippen molar-refractivity contribution in [3.05, 3.63) is 23.8 Å². The molecule has 3 aromatic rings. The molecule has 0 radical (unpaired) electrons. The van der Waals surface area contributed by atoms with Gasteiger partial charge in [-0.3, -0.25) is 4.79 Å². The van der Waals surface area contributed by atoms with Crippen molar-refractivity contribution in [1.82, 2.24) is 25.1 Å². The number of H-pyrrole nitrogens is 1. The van der Waals surface area contributed by atoms with E-state index < -0.39 is 0 Å². The molecule has 0 saturated carbocycles. The van der Waals surface area contributed by atoms with Gasteiger partial charge in [-0.1, -0.05) is 23.4 Å². The molecule has 0 bridgehead atoms. The van der Waals surface area contributed by atoms with E-state index in [2.05, 4.69) is 53.1 Å². The first-order valence-corrected chi connectivity index (χ1v) is 10.1. The number of likely N-dealkylation sites (tertiary alicyclic amines) is 1. The fraction of sp³-hybridized carbons (Fsp3) is 0.474. The fourth-order valence-corrected chi connectivity index (χ4v) is 4.50. The molecular weight excluding hydrogens is 346 g/mol. The Kier molecular flexibility index (Phi) is 4.56. The number of nitrogens with zero attached hydrogens (tertiary/aromatic N) is 4. The molecule has 4 rings (SSSR count). The zero-order chi connectivity index (χ0) is 18.3. The summed E-state index contributed by atoms with van der Waals surface area (Å²) in [6.45, 7) is 6.32. The van der Waals surface area contributed by atoms with Gasteiger partial charge in [0.05, 0.1) is 5.75 Å². The Bertz CT molecular complexity index is 959. The average molecular weight is 369 g/mol. The number of carbonyl (C=O) groups excluding carboxylic acids is 1. The molecule has 7 heteroatoms. The van der Waals surface area contributed by atoms with Gasteiger partial charge in [0, 0.05) is 23.0 Å². The largest absolute Gasteiger partial charge is 0.338 e. The Morgan fingerprint density at radius 2 is 2.04 bits per heavy atom. The molecule has 0 spiro atoms. The summed E-state index contributed by atoms with van der Waals surface area (Å²) in [5, 5.41) is 10.1. The molecule has 3 heterocycles. The maximum atomic E-state index is 12.7. The van der Waals surface area contributed by atoms with Crippen LogP contribution in [-0.4, -0.2) is 48.8 Å². The first-order valence-electron chi connectivity index (χ1n) is 9.09. The monoisotopic (exact) mass is 369 g/mol.